The van der Waals surface area contributed by atoms with Crippen LogP contribution in [0, 0.1) is 13.8 Å². The minimum absolute atomic E-state index is 0.130. The maximum absolute atomic E-state index is 12.4. The number of rotatable bonds is 4. The van der Waals surface area contributed by atoms with Crippen LogP contribution in [0.3, 0.4) is 0 Å². The fraction of sp³-hybridized carbons (Fsp3) is 0.562. The van der Waals surface area contributed by atoms with Gasteiger partial charge < -0.3 is 15.8 Å². The number of ether oxygens (including phenoxy) is 1. The Balaban J connectivity index is 2.07. The molecule has 0 heterocycles. The molecule has 1 aliphatic carbocycles. The molecule has 6 heteroatoms. The van der Waals surface area contributed by atoms with Crippen molar-refractivity contribution >= 4 is 5.91 Å². The topological polar surface area (TPSA) is 64.4 Å². The number of alkyl halides is 2. The van der Waals surface area contributed by atoms with Crippen molar-refractivity contribution in [3.05, 3.63) is 28.8 Å². The lowest BCUT2D eigenvalue weighted by atomic mass is 9.91. The molecule has 4 nitrogen and oxygen atoms in total. The standard InChI is InChI=1S/C16H22F2N2O2/c1-9-7-11(8-10(2)14(9)22-16(17)18)15(21)20-13-5-3-12(19)4-6-13/h7-8,12-13,16H,3-6,19H2,1-2H3,(H,20,21). The summed E-state index contributed by atoms with van der Waals surface area (Å²) in [7, 11) is 0. The zero-order chi connectivity index (χ0) is 16.3. The van der Waals surface area contributed by atoms with E-state index in [1.165, 1.54) is 0 Å². The molecular weight excluding hydrogens is 290 g/mol. The summed E-state index contributed by atoms with van der Waals surface area (Å²) in [6, 6.07) is 3.51. The van der Waals surface area contributed by atoms with Crippen LogP contribution in [0.1, 0.15) is 47.2 Å². The molecule has 1 aromatic rings. The largest absolute Gasteiger partial charge is 0.434 e. The van der Waals surface area contributed by atoms with Gasteiger partial charge in [0.15, 0.2) is 0 Å². The lowest BCUT2D eigenvalue weighted by Gasteiger charge is -2.27. The Bertz CT molecular complexity index is 518. The van der Waals surface area contributed by atoms with Gasteiger partial charge in [-0.15, -0.1) is 0 Å². The van der Waals surface area contributed by atoms with E-state index in [-0.39, 0.29) is 23.7 Å². The first kappa shape index (κ1) is 16.7. The van der Waals surface area contributed by atoms with Crippen molar-refractivity contribution < 1.29 is 18.3 Å². The van der Waals surface area contributed by atoms with Crippen molar-refractivity contribution in [2.45, 2.75) is 58.2 Å². The van der Waals surface area contributed by atoms with Crippen molar-refractivity contribution in [3.8, 4) is 5.75 Å². The molecule has 1 saturated carbocycles. The van der Waals surface area contributed by atoms with E-state index in [0.717, 1.165) is 25.7 Å². The highest BCUT2D eigenvalue weighted by atomic mass is 19.3. The second-order valence-electron chi connectivity index (χ2n) is 5.90. The van der Waals surface area contributed by atoms with E-state index in [1.807, 2.05) is 0 Å². The Kier molecular flexibility index (Phi) is 5.34. The van der Waals surface area contributed by atoms with Crippen molar-refractivity contribution in [2.75, 3.05) is 0 Å². The fourth-order valence-electron chi connectivity index (χ4n) is 2.89. The van der Waals surface area contributed by atoms with Crippen molar-refractivity contribution in [1.82, 2.24) is 5.32 Å². The number of aryl methyl sites for hydroxylation is 2. The first-order valence-electron chi connectivity index (χ1n) is 7.49. The molecule has 1 aromatic carbocycles. The maximum Gasteiger partial charge on any atom is 0.387 e. The van der Waals surface area contributed by atoms with E-state index in [1.54, 1.807) is 26.0 Å². The average Bonchev–Trinajstić information content (AvgIpc) is 2.45. The van der Waals surface area contributed by atoms with Crippen LogP contribution in [-0.2, 0) is 0 Å². The van der Waals surface area contributed by atoms with Crippen LogP contribution in [0.25, 0.3) is 0 Å². The molecule has 1 fully saturated rings. The summed E-state index contributed by atoms with van der Waals surface area (Å²) < 4.78 is 29.2. The van der Waals surface area contributed by atoms with Gasteiger partial charge in [-0.25, -0.2) is 0 Å². The molecule has 0 spiro atoms. The molecule has 0 bridgehead atoms. The number of nitrogens with two attached hydrogens (primary N) is 1. The van der Waals surface area contributed by atoms with Crippen molar-refractivity contribution in [1.29, 1.82) is 0 Å². The number of nitrogens with one attached hydrogen (secondary N) is 1. The Morgan fingerprint density at radius 3 is 2.27 bits per heavy atom. The van der Waals surface area contributed by atoms with Gasteiger partial charge >= 0.3 is 6.61 Å². The summed E-state index contributed by atoms with van der Waals surface area (Å²) in [5, 5.41) is 2.99. The number of amides is 1. The Morgan fingerprint density at radius 1 is 1.23 bits per heavy atom. The number of hydrogen-bond donors (Lipinski definition) is 2. The van der Waals surface area contributed by atoms with Gasteiger partial charge in [-0.2, -0.15) is 8.78 Å². The third-order valence-corrected chi connectivity index (χ3v) is 4.04. The molecule has 0 unspecified atom stereocenters. The normalized spacial score (nSPS) is 21.7. The van der Waals surface area contributed by atoms with Crippen LogP contribution >= 0.6 is 0 Å². The predicted octanol–water partition coefficient (Wildman–Crippen LogP) is 2.90. The highest BCUT2D eigenvalue weighted by Crippen LogP contribution is 2.27. The highest BCUT2D eigenvalue weighted by Gasteiger charge is 2.21. The minimum Gasteiger partial charge on any atom is -0.434 e. The average molecular weight is 312 g/mol. The summed E-state index contributed by atoms with van der Waals surface area (Å²) in [5.41, 5.74) is 7.36. The van der Waals surface area contributed by atoms with Crippen LogP contribution in [0.5, 0.6) is 5.75 Å². The van der Waals surface area contributed by atoms with E-state index in [9.17, 15) is 13.6 Å². The van der Waals surface area contributed by atoms with E-state index < -0.39 is 6.61 Å². The number of hydrogen-bond acceptors (Lipinski definition) is 3. The zero-order valence-corrected chi connectivity index (χ0v) is 12.9. The van der Waals surface area contributed by atoms with Gasteiger partial charge in [-0.05, 0) is 62.8 Å². The van der Waals surface area contributed by atoms with Crippen LogP contribution in [-0.4, -0.2) is 24.6 Å². The molecule has 1 aliphatic rings. The van der Waals surface area contributed by atoms with Gasteiger partial charge in [0, 0.05) is 17.6 Å². The number of carbonyl (C=O) groups excluding carboxylic acids is 1. The number of benzene rings is 1. The first-order valence-corrected chi connectivity index (χ1v) is 7.49. The van der Waals surface area contributed by atoms with E-state index in [4.69, 9.17) is 5.73 Å². The Morgan fingerprint density at radius 2 is 1.77 bits per heavy atom. The molecule has 22 heavy (non-hydrogen) atoms. The second kappa shape index (κ2) is 7.05. The quantitative estimate of drug-likeness (QED) is 0.898. The van der Waals surface area contributed by atoms with E-state index in [0.29, 0.717) is 16.7 Å². The van der Waals surface area contributed by atoms with E-state index >= 15 is 0 Å². The molecule has 2 rings (SSSR count). The third kappa shape index (κ3) is 4.16. The fourth-order valence-corrected chi connectivity index (χ4v) is 2.89. The minimum atomic E-state index is -2.87. The van der Waals surface area contributed by atoms with Crippen LogP contribution in [0.4, 0.5) is 8.78 Å². The number of halogens is 2. The highest BCUT2D eigenvalue weighted by molar-refractivity contribution is 5.95. The summed E-state index contributed by atoms with van der Waals surface area (Å²) in [5.74, 6) is -0.0505. The molecule has 0 aromatic heterocycles. The Labute approximate surface area is 129 Å². The summed E-state index contributed by atoms with van der Waals surface area (Å²) in [6.45, 7) is 0.436. The van der Waals surface area contributed by atoms with Gasteiger partial charge in [0.2, 0.25) is 0 Å². The van der Waals surface area contributed by atoms with Gasteiger partial charge in [0.05, 0.1) is 0 Å². The molecule has 0 aliphatic heterocycles. The van der Waals surface area contributed by atoms with Crippen molar-refractivity contribution in [3.63, 3.8) is 0 Å². The summed E-state index contributed by atoms with van der Waals surface area (Å²) in [6.07, 6.45) is 3.56. The van der Waals surface area contributed by atoms with Gasteiger partial charge in [-0.3, -0.25) is 4.79 Å². The van der Waals surface area contributed by atoms with Gasteiger partial charge in [0.25, 0.3) is 5.91 Å². The molecule has 0 atom stereocenters. The zero-order valence-electron chi connectivity index (χ0n) is 12.9. The first-order chi connectivity index (χ1) is 10.4. The third-order valence-electron chi connectivity index (χ3n) is 4.04. The molecule has 1 amide bonds. The van der Waals surface area contributed by atoms with Gasteiger partial charge in [0.1, 0.15) is 5.75 Å². The maximum atomic E-state index is 12.4. The lowest BCUT2D eigenvalue weighted by molar-refractivity contribution is -0.0507. The Hall–Kier alpha value is -1.69. The van der Waals surface area contributed by atoms with Crippen LogP contribution in [0.15, 0.2) is 12.1 Å². The molecule has 0 saturated heterocycles. The summed E-state index contributed by atoms with van der Waals surface area (Å²) in [4.78, 5) is 12.3. The van der Waals surface area contributed by atoms with Crippen LogP contribution < -0.4 is 15.8 Å². The molecule has 0 radical (unpaired) electrons. The molecule has 122 valence electrons. The summed E-state index contributed by atoms with van der Waals surface area (Å²) >= 11 is 0. The smallest absolute Gasteiger partial charge is 0.387 e. The predicted molar refractivity (Wildman–Crippen MR) is 80.2 cm³/mol. The van der Waals surface area contributed by atoms with Gasteiger partial charge in [-0.1, -0.05) is 0 Å². The monoisotopic (exact) mass is 312 g/mol. The molecular formula is C16H22F2N2O2. The molecule has 3 N–H and O–H groups in total. The van der Waals surface area contributed by atoms with E-state index in [2.05, 4.69) is 10.1 Å². The second-order valence-corrected chi connectivity index (χ2v) is 5.90. The SMILES string of the molecule is Cc1cc(C(=O)NC2CCC(N)CC2)cc(C)c1OC(F)F. The lowest BCUT2D eigenvalue weighted by Crippen LogP contribution is -2.40. The number of carbonyl (C=O) groups is 1. The van der Waals surface area contributed by atoms with Crippen LogP contribution in [0.2, 0.25) is 0 Å². The van der Waals surface area contributed by atoms with Crippen molar-refractivity contribution in [2.24, 2.45) is 5.73 Å².